The van der Waals surface area contributed by atoms with E-state index in [1.54, 1.807) is 6.20 Å². The molecular weight excluding hydrogens is 575 g/mol. The molecule has 25 heavy (non-hydrogen) atoms. The van der Waals surface area contributed by atoms with Crippen LogP contribution in [0.25, 0.3) is 11.5 Å². The van der Waals surface area contributed by atoms with E-state index in [0.29, 0.717) is 22.7 Å². The van der Waals surface area contributed by atoms with Crippen LogP contribution in [0.1, 0.15) is 17.4 Å². The summed E-state index contributed by atoms with van der Waals surface area (Å²) >= 11 is 1.52. The molecule has 0 N–H and O–H groups in total. The van der Waals surface area contributed by atoms with Crippen LogP contribution in [0.15, 0.2) is 45.6 Å². The number of oxazole rings is 2. The van der Waals surface area contributed by atoms with Gasteiger partial charge in [0, 0.05) is 0 Å². The van der Waals surface area contributed by atoms with Crippen molar-refractivity contribution in [1.29, 1.82) is 0 Å². The molecule has 1 aromatic carbocycles. The molecule has 2 aromatic heterocycles. The van der Waals surface area contributed by atoms with Crippen LogP contribution in [0.4, 0.5) is 0 Å². The van der Waals surface area contributed by atoms with Gasteiger partial charge in [-0.25, -0.2) is 0 Å². The van der Waals surface area contributed by atoms with E-state index in [9.17, 15) is 4.79 Å². The van der Waals surface area contributed by atoms with Gasteiger partial charge in [0.1, 0.15) is 0 Å². The Morgan fingerprint density at radius 2 is 2.16 bits per heavy atom. The Labute approximate surface area is 156 Å². The third-order valence-electron chi connectivity index (χ3n) is 2.97. The number of rotatable bonds is 6. The molecule has 0 unspecified atom stereocenters. The molecule has 0 atom stereocenters. The number of esters is 1. The van der Waals surface area contributed by atoms with Crippen LogP contribution < -0.4 is 13.0 Å². The van der Waals surface area contributed by atoms with E-state index in [0.717, 1.165) is 9.52 Å². The fraction of sp³-hybridized carbons (Fsp3) is 0.188. The van der Waals surface area contributed by atoms with E-state index in [4.69, 9.17) is 13.6 Å². The molecule has 0 radical (unpaired) electrons. The number of halogens is 1. The SMILES string of the molecule is CCOc1cnc(-c2cccc[c]2[Pt]([Br])[c]2nc(C(=O)OC)co2)o1. The Hall–Kier alpha value is -1.92. The van der Waals surface area contributed by atoms with E-state index in [-0.39, 0.29) is 5.69 Å². The van der Waals surface area contributed by atoms with Crippen molar-refractivity contribution in [1.82, 2.24) is 9.97 Å². The van der Waals surface area contributed by atoms with Crippen molar-refractivity contribution in [3.63, 3.8) is 0 Å². The van der Waals surface area contributed by atoms with Gasteiger partial charge in [-0.3, -0.25) is 0 Å². The molecule has 7 nitrogen and oxygen atoms in total. The molecule has 0 aliphatic heterocycles. The normalized spacial score (nSPS) is 11.2. The second kappa shape index (κ2) is 7.97. The first kappa shape index (κ1) is 17.9. The van der Waals surface area contributed by atoms with Crippen molar-refractivity contribution in [2.75, 3.05) is 13.7 Å². The molecule has 3 aromatic rings. The molecule has 0 fully saturated rings. The van der Waals surface area contributed by atoms with Crippen LogP contribution in [0, 0.1) is 0 Å². The van der Waals surface area contributed by atoms with Gasteiger partial charge >= 0.3 is 156 Å². The zero-order valence-corrected chi connectivity index (χ0v) is 17.2. The summed E-state index contributed by atoms with van der Waals surface area (Å²) in [6, 6.07) is 7.69. The fourth-order valence-electron chi connectivity index (χ4n) is 1.91. The molecule has 135 valence electrons. The Balaban J connectivity index is 1.94. The van der Waals surface area contributed by atoms with Crippen molar-refractivity contribution >= 4 is 27.5 Å². The summed E-state index contributed by atoms with van der Waals surface area (Å²) < 4.78 is 22.6. The maximum atomic E-state index is 11.6. The second-order valence-electron chi connectivity index (χ2n) is 4.51. The summed E-state index contributed by atoms with van der Waals surface area (Å²) in [7, 11) is 1.30. The molecule has 9 heteroatoms. The van der Waals surface area contributed by atoms with Gasteiger partial charge < -0.3 is 0 Å². The Bertz CT molecular complexity index is 879. The van der Waals surface area contributed by atoms with Gasteiger partial charge in [-0.05, 0) is 0 Å². The predicted molar refractivity (Wildman–Crippen MR) is 89.1 cm³/mol. The van der Waals surface area contributed by atoms with Crippen LogP contribution in [0.5, 0.6) is 5.95 Å². The standard InChI is InChI=1S/C11H10NO2.C5H4NO3.BrH.Pt/c1-2-13-10-8-12-11(14-10)9-6-4-3-5-7-9;1-8-5(7)4-2-9-3-6-4;;/h3-6,8H,2H2,1H3;2H,1H3;1H;/q;;;+1/p-1. The van der Waals surface area contributed by atoms with Gasteiger partial charge in [0.05, 0.1) is 0 Å². The van der Waals surface area contributed by atoms with Crippen LogP contribution >= 0.6 is 13.3 Å². The number of hydrogen-bond donors (Lipinski definition) is 0. The first-order chi connectivity index (χ1) is 12.1. The number of hydrogen-bond acceptors (Lipinski definition) is 7. The van der Waals surface area contributed by atoms with Crippen molar-refractivity contribution in [3.05, 3.63) is 42.4 Å². The Morgan fingerprint density at radius 3 is 2.92 bits per heavy atom. The molecule has 0 saturated heterocycles. The van der Waals surface area contributed by atoms with E-state index < -0.39 is 21.2 Å². The van der Waals surface area contributed by atoms with Crippen molar-refractivity contribution < 1.29 is 38.4 Å². The zero-order chi connectivity index (χ0) is 17.8. The van der Waals surface area contributed by atoms with E-state index >= 15 is 0 Å². The van der Waals surface area contributed by atoms with Gasteiger partial charge in [0.2, 0.25) is 0 Å². The van der Waals surface area contributed by atoms with Crippen LogP contribution in [-0.2, 0) is 20.0 Å². The van der Waals surface area contributed by atoms with Gasteiger partial charge in [-0.1, -0.05) is 0 Å². The number of ether oxygens (including phenoxy) is 2. The molecule has 3 rings (SSSR count). The average molecular weight is 589 g/mol. The summed E-state index contributed by atoms with van der Waals surface area (Å²) in [6.07, 6.45) is 2.84. The number of aromatic nitrogens is 2. The van der Waals surface area contributed by atoms with Gasteiger partial charge in [0.15, 0.2) is 0 Å². The molecule has 0 spiro atoms. The first-order valence-corrected chi connectivity index (χ1v) is 14.4. The van der Waals surface area contributed by atoms with Gasteiger partial charge in [0.25, 0.3) is 0 Å². The predicted octanol–water partition coefficient (Wildman–Crippen LogP) is 2.39. The number of carbonyl (C=O) groups excluding carboxylic acids is 1. The zero-order valence-electron chi connectivity index (χ0n) is 13.3. The van der Waals surface area contributed by atoms with Crippen LogP contribution in [0.2, 0.25) is 0 Å². The quantitative estimate of drug-likeness (QED) is 0.409. The van der Waals surface area contributed by atoms with Crippen LogP contribution in [-0.4, -0.2) is 29.7 Å². The van der Waals surface area contributed by atoms with E-state index in [1.165, 1.54) is 13.4 Å². The van der Waals surface area contributed by atoms with Gasteiger partial charge in [-0.15, -0.1) is 0 Å². The van der Waals surface area contributed by atoms with Gasteiger partial charge in [-0.2, -0.15) is 0 Å². The third kappa shape index (κ3) is 3.85. The second-order valence-corrected chi connectivity index (χ2v) is 12.2. The monoisotopic (exact) mass is 588 g/mol. The van der Waals surface area contributed by atoms with E-state index in [2.05, 4.69) is 28.0 Å². The summed E-state index contributed by atoms with van der Waals surface area (Å²) in [6.45, 7) is 2.37. The molecular formula is C16H14BrN2O5Pt. The Morgan fingerprint density at radius 1 is 1.36 bits per heavy atom. The maximum absolute atomic E-state index is 11.6. The first-order valence-electron chi connectivity index (χ1n) is 7.13. The number of carbonyl (C=O) groups is 1. The molecule has 0 bridgehead atoms. The minimum absolute atomic E-state index is 0.145. The number of benzene rings is 1. The average Bonchev–Trinajstić information content (AvgIpc) is 3.30. The summed E-state index contributed by atoms with van der Waals surface area (Å²) in [4.78, 5) is 20.1. The minimum atomic E-state index is -2.19. The fourth-order valence-corrected chi connectivity index (χ4v) is 7.55. The summed E-state index contributed by atoms with van der Waals surface area (Å²) in [5.74, 6) is 0.293. The summed E-state index contributed by atoms with van der Waals surface area (Å²) in [5.41, 5.74) is 0.973. The Kier molecular flexibility index (Phi) is 5.70. The number of methoxy groups -OCH3 is 1. The van der Waals surface area contributed by atoms with Crippen molar-refractivity contribution in [2.24, 2.45) is 0 Å². The molecule has 0 saturated carbocycles. The molecule has 0 aliphatic rings. The topological polar surface area (TPSA) is 87.6 Å². The number of nitrogens with zero attached hydrogens (tertiary/aromatic N) is 2. The summed E-state index contributed by atoms with van der Waals surface area (Å²) in [5, 5.41) is 0. The van der Waals surface area contributed by atoms with Crippen LogP contribution in [0.3, 0.4) is 0 Å². The van der Waals surface area contributed by atoms with Crippen molar-refractivity contribution in [2.45, 2.75) is 6.92 Å². The van der Waals surface area contributed by atoms with E-state index in [1.807, 2.05) is 31.2 Å². The molecule has 0 amide bonds. The molecule has 2 heterocycles. The van der Waals surface area contributed by atoms with Crippen molar-refractivity contribution in [3.8, 4) is 17.4 Å². The molecule has 0 aliphatic carbocycles. The third-order valence-corrected chi connectivity index (χ3v) is 10.4.